The lowest BCUT2D eigenvalue weighted by molar-refractivity contribution is -0.181. The van der Waals surface area contributed by atoms with Gasteiger partial charge in [0.1, 0.15) is 17.2 Å². The van der Waals surface area contributed by atoms with E-state index >= 15 is 0 Å². The van der Waals surface area contributed by atoms with Gasteiger partial charge in [0.2, 0.25) is 0 Å². The van der Waals surface area contributed by atoms with Crippen LogP contribution in [0.25, 0.3) is 5.70 Å². The Morgan fingerprint density at radius 1 is 1.03 bits per heavy atom. The summed E-state index contributed by atoms with van der Waals surface area (Å²) in [5, 5.41) is 10.2. The Balaban J connectivity index is 1.16. The van der Waals surface area contributed by atoms with Crippen LogP contribution in [0, 0.1) is 5.92 Å². The van der Waals surface area contributed by atoms with Crippen molar-refractivity contribution in [2.75, 3.05) is 52.4 Å². The summed E-state index contributed by atoms with van der Waals surface area (Å²) in [6, 6.07) is 7.89. The Kier molecular flexibility index (Phi) is 6.64. The Morgan fingerprint density at radius 3 is 2.41 bits per heavy atom. The van der Waals surface area contributed by atoms with Crippen molar-refractivity contribution in [1.29, 1.82) is 0 Å². The standard InChI is InChI=1S/C26H40N6O2/c27-22(21-6-1-2-7-24(21)33)14-23(25(28)29)32-12-13-34-26(18-32)16-30(17-26)15-19-8-10-31(11-9-19)20-4-3-5-20/h1-2,6-7,14,19-20,33H,3-5,8-13,15-18,27-29H2/b22-14-. The first-order valence-electron chi connectivity index (χ1n) is 12.8. The van der Waals surface area contributed by atoms with E-state index in [0.29, 0.717) is 30.1 Å². The summed E-state index contributed by atoms with van der Waals surface area (Å²) in [5.74, 6) is 1.16. The summed E-state index contributed by atoms with van der Waals surface area (Å²) in [4.78, 5) is 7.45. The van der Waals surface area contributed by atoms with Crippen LogP contribution in [0.15, 0.2) is 41.9 Å². The number of morpholine rings is 1. The SMILES string of the molecule is NC(N)=C(/C=C(\N)c1ccccc1O)N1CCOC2(CN(CC3CCN(C4CCC4)CC3)C2)C1. The molecule has 0 aromatic heterocycles. The van der Waals surface area contributed by atoms with Gasteiger partial charge in [-0.05, 0) is 62.9 Å². The summed E-state index contributed by atoms with van der Waals surface area (Å²) in [5.41, 5.74) is 20.0. The van der Waals surface area contributed by atoms with Crippen LogP contribution in [0.4, 0.5) is 0 Å². The average Bonchev–Trinajstić information content (AvgIpc) is 2.76. The van der Waals surface area contributed by atoms with Crippen molar-refractivity contribution in [3.05, 3.63) is 47.4 Å². The highest BCUT2D eigenvalue weighted by atomic mass is 16.5. The van der Waals surface area contributed by atoms with Gasteiger partial charge in [0.05, 0.1) is 12.3 Å². The molecule has 0 atom stereocenters. The highest BCUT2D eigenvalue weighted by Gasteiger charge is 2.48. The zero-order chi connectivity index (χ0) is 23.7. The Bertz CT molecular complexity index is 925. The molecule has 4 aliphatic rings. The summed E-state index contributed by atoms with van der Waals surface area (Å²) in [7, 11) is 0. The second kappa shape index (κ2) is 9.68. The van der Waals surface area contributed by atoms with Crippen molar-refractivity contribution in [2.45, 2.75) is 43.7 Å². The monoisotopic (exact) mass is 468 g/mol. The zero-order valence-corrected chi connectivity index (χ0v) is 20.2. The smallest absolute Gasteiger partial charge is 0.124 e. The number of ether oxygens (including phenoxy) is 1. The van der Waals surface area contributed by atoms with Crippen molar-refractivity contribution in [2.24, 2.45) is 23.1 Å². The maximum Gasteiger partial charge on any atom is 0.124 e. The quantitative estimate of drug-likeness (QED) is 0.463. The lowest BCUT2D eigenvalue weighted by Crippen LogP contribution is -2.70. The molecule has 1 saturated carbocycles. The van der Waals surface area contributed by atoms with Gasteiger partial charge in [-0.3, -0.25) is 4.90 Å². The lowest BCUT2D eigenvalue weighted by atomic mass is 9.86. The molecule has 0 bridgehead atoms. The number of likely N-dealkylation sites (tertiary alicyclic amines) is 2. The molecule has 4 fully saturated rings. The van der Waals surface area contributed by atoms with E-state index in [1.807, 2.05) is 6.07 Å². The van der Waals surface area contributed by atoms with Gasteiger partial charge in [-0.25, -0.2) is 0 Å². The molecule has 1 spiro atoms. The van der Waals surface area contributed by atoms with E-state index in [1.165, 1.54) is 51.7 Å². The minimum absolute atomic E-state index is 0.137. The molecule has 7 N–H and O–H groups in total. The van der Waals surface area contributed by atoms with Crippen LogP contribution in [0.2, 0.25) is 0 Å². The number of phenols is 1. The van der Waals surface area contributed by atoms with E-state index in [-0.39, 0.29) is 17.2 Å². The van der Waals surface area contributed by atoms with Crippen molar-refractivity contribution in [1.82, 2.24) is 14.7 Å². The van der Waals surface area contributed by atoms with Crippen LogP contribution < -0.4 is 17.2 Å². The van der Waals surface area contributed by atoms with Crippen molar-refractivity contribution < 1.29 is 9.84 Å². The number of hydrogen-bond donors (Lipinski definition) is 4. The molecule has 0 radical (unpaired) electrons. The number of allylic oxidation sites excluding steroid dienone is 1. The molecule has 1 aliphatic carbocycles. The van der Waals surface area contributed by atoms with E-state index in [2.05, 4.69) is 14.7 Å². The number of nitrogens with zero attached hydrogens (tertiary/aromatic N) is 3. The van der Waals surface area contributed by atoms with E-state index in [4.69, 9.17) is 21.9 Å². The summed E-state index contributed by atoms with van der Waals surface area (Å²) in [6.07, 6.45) is 8.64. The van der Waals surface area contributed by atoms with Gasteiger partial charge < -0.3 is 36.8 Å². The second-order valence-electron chi connectivity index (χ2n) is 10.6. The van der Waals surface area contributed by atoms with E-state index in [0.717, 1.165) is 31.6 Å². The summed E-state index contributed by atoms with van der Waals surface area (Å²) in [6.45, 7) is 7.69. The zero-order valence-electron chi connectivity index (χ0n) is 20.2. The molecule has 8 heteroatoms. The fourth-order valence-electron chi connectivity index (χ4n) is 6.06. The number of phenolic OH excluding ortho intramolecular Hbond substituents is 1. The third-order valence-corrected chi connectivity index (χ3v) is 8.17. The predicted octanol–water partition coefficient (Wildman–Crippen LogP) is 1.43. The molecular formula is C26H40N6O2. The van der Waals surface area contributed by atoms with Crippen LogP contribution in [0.1, 0.15) is 37.7 Å². The fraction of sp³-hybridized carbons (Fsp3) is 0.615. The summed E-state index contributed by atoms with van der Waals surface area (Å²) >= 11 is 0. The van der Waals surface area contributed by atoms with Gasteiger partial charge in [0.15, 0.2) is 0 Å². The van der Waals surface area contributed by atoms with E-state index in [9.17, 15) is 5.11 Å². The van der Waals surface area contributed by atoms with Gasteiger partial charge >= 0.3 is 0 Å². The van der Waals surface area contributed by atoms with Gasteiger partial charge in [-0.2, -0.15) is 0 Å². The van der Waals surface area contributed by atoms with Crippen molar-refractivity contribution in [3.63, 3.8) is 0 Å². The number of para-hydroxylation sites is 1. The molecule has 34 heavy (non-hydrogen) atoms. The molecule has 3 heterocycles. The molecule has 1 aromatic rings. The molecular weight excluding hydrogens is 428 g/mol. The molecule has 0 unspecified atom stereocenters. The normalized spacial score (nSPS) is 24.6. The van der Waals surface area contributed by atoms with Gasteiger partial charge in [0, 0.05) is 50.0 Å². The number of benzene rings is 1. The number of nitrogens with two attached hydrogens (primary N) is 3. The predicted molar refractivity (Wildman–Crippen MR) is 134 cm³/mol. The Labute approximate surface area is 203 Å². The fourth-order valence-corrected chi connectivity index (χ4v) is 6.06. The van der Waals surface area contributed by atoms with Crippen LogP contribution in [-0.4, -0.2) is 83.9 Å². The van der Waals surface area contributed by atoms with E-state index < -0.39 is 0 Å². The molecule has 186 valence electrons. The lowest BCUT2D eigenvalue weighted by Gasteiger charge is -2.55. The molecule has 0 amide bonds. The summed E-state index contributed by atoms with van der Waals surface area (Å²) < 4.78 is 6.27. The Morgan fingerprint density at radius 2 is 1.76 bits per heavy atom. The van der Waals surface area contributed by atoms with Crippen LogP contribution in [0.3, 0.4) is 0 Å². The van der Waals surface area contributed by atoms with Gasteiger partial charge in [-0.15, -0.1) is 0 Å². The molecule has 1 aromatic carbocycles. The molecule has 5 rings (SSSR count). The van der Waals surface area contributed by atoms with Crippen molar-refractivity contribution >= 4 is 5.70 Å². The number of aromatic hydroxyl groups is 1. The van der Waals surface area contributed by atoms with Crippen LogP contribution >= 0.6 is 0 Å². The minimum atomic E-state index is -0.178. The first-order valence-corrected chi connectivity index (χ1v) is 12.8. The van der Waals surface area contributed by atoms with Crippen LogP contribution in [-0.2, 0) is 4.74 Å². The number of piperidine rings is 1. The molecule has 3 aliphatic heterocycles. The van der Waals surface area contributed by atoms with Crippen LogP contribution in [0.5, 0.6) is 5.75 Å². The number of hydrogen-bond acceptors (Lipinski definition) is 8. The third kappa shape index (κ3) is 4.85. The van der Waals surface area contributed by atoms with Gasteiger partial charge in [0.25, 0.3) is 0 Å². The molecule has 8 nitrogen and oxygen atoms in total. The second-order valence-corrected chi connectivity index (χ2v) is 10.6. The topological polar surface area (TPSA) is 117 Å². The highest BCUT2D eigenvalue weighted by Crippen LogP contribution is 2.34. The third-order valence-electron chi connectivity index (χ3n) is 8.17. The maximum absolute atomic E-state index is 10.2. The van der Waals surface area contributed by atoms with E-state index in [1.54, 1.807) is 24.3 Å². The van der Waals surface area contributed by atoms with Gasteiger partial charge in [-0.1, -0.05) is 18.6 Å². The first-order chi connectivity index (χ1) is 16.4. The Hall–Kier alpha value is -2.42. The molecule has 3 saturated heterocycles. The maximum atomic E-state index is 10.2. The minimum Gasteiger partial charge on any atom is -0.507 e. The van der Waals surface area contributed by atoms with Crippen molar-refractivity contribution in [3.8, 4) is 5.75 Å². The number of rotatable bonds is 6. The highest BCUT2D eigenvalue weighted by molar-refractivity contribution is 5.69. The largest absolute Gasteiger partial charge is 0.507 e. The first kappa shape index (κ1) is 23.3. The average molecular weight is 469 g/mol.